The van der Waals surface area contributed by atoms with E-state index in [1.165, 1.54) is 25.7 Å². The quantitative estimate of drug-likeness (QED) is 0.266. The van der Waals surface area contributed by atoms with Gasteiger partial charge in [-0.25, -0.2) is 0 Å². The Morgan fingerprint density at radius 3 is 1.91 bits per heavy atom. The summed E-state index contributed by atoms with van der Waals surface area (Å²) in [5, 5.41) is -1.07. The number of allylic oxidation sites excluding steroid dienone is 4. The molecule has 0 aromatic heterocycles. The maximum absolute atomic E-state index is 10.9. The number of hydrogen-bond donors (Lipinski definition) is 1. The van der Waals surface area contributed by atoms with Gasteiger partial charge in [-0.2, -0.15) is 8.42 Å². The molecule has 0 aliphatic rings. The van der Waals surface area contributed by atoms with Crippen LogP contribution in [0.5, 0.6) is 0 Å². The van der Waals surface area contributed by atoms with Crippen molar-refractivity contribution in [3.05, 3.63) is 24.3 Å². The van der Waals surface area contributed by atoms with E-state index in [9.17, 15) is 13.2 Å². The van der Waals surface area contributed by atoms with Crippen LogP contribution in [0, 0.1) is 0 Å². The molecule has 0 rings (SSSR count). The summed E-state index contributed by atoms with van der Waals surface area (Å²) in [5.74, 6) is 0. The first-order valence-corrected chi connectivity index (χ1v) is 10.2. The lowest BCUT2D eigenvalue weighted by Gasteiger charge is -1.99. The van der Waals surface area contributed by atoms with Gasteiger partial charge < -0.3 is 0 Å². The molecule has 0 fully saturated rings. The number of carbonyl (C=O) groups is 1. The molecule has 134 valence electrons. The van der Waals surface area contributed by atoms with Crippen LogP contribution >= 0.6 is 0 Å². The maximum Gasteiger partial charge on any atom is 0.328 e. The fourth-order valence-corrected chi connectivity index (χ4v) is 2.61. The average Bonchev–Trinajstić information content (AvgIpc) is 2.50. The second-order valence-corrected chi connectivity index (χ2v) is 7.23. The zero-order valence-electron chi connectivity index (χ0n) is 14.4. The Kier molecular flexibility index (Phi) is 14.0. The van der Waals surface area contributed by atoms with Crippen molar-refractivity contribution in [3.8, 4) is 0 Å². The molecule has 4 nitrogen and oxygen atoms in total. The molecular weight excluding hydrogens is 312 g/mol. The van der Waals surface area contributed by atoms with Gasteiger partial charge in [0.2, 0.25) is 0 Å². The first-order chi connectivity index (χ1) is 11.0. The largest absolute Gasteiger partial charge is 0.328 e. The van der Waals surface area contributed by atoms with Crippen LogP contribution < -0.4 is 0 Å². The van der Waals surface area contributed by atoms with Crippen molar-refractivity contribution in [2.45, 2.75) is 84.0 Å². The molecule has 0 atom stereocenters. The van der Waals surface area contributed by atoms with Crippen molar-refractivity contribution >= 4 is 15.2 Å². The Labute approximate surface area is 141 Å². The molecule has 0 bridgehead atoms. The van der Waals surface area contributed by atoms with E-state index < -0.39 is 15.2 Å². The summed E-state index contributed by atoms with van der Waals surface area (Å²) in [6.07, 6.45) is 20.4. The first kappa shape index (κ1) is 22.1. The van der Waals surface area contributed by atoms with Crippen LogP contribution in [-0.4, -0.2) is 18.1 Å². The van der Waals surface area contributed by atoms with Gasteiger partial charge in [0, 0.05) is 6.42 Å². The SMILES string of the molecule is CCCCC/C=C\C/C=C\CCCCCCCC(=O)S(=O)(=O)O. The maximum atomic E-state index is 10.9. The molecule has 0 aromatic carbocycles. The van der Waals surface area contributed by atoms with Crippen LogP contribution in [-0.2, 0) is 14.9 Å². The highest BCUT2D eigenvalue weighted by Crippen LogP contribution is 2.09. The van der Waals surface area contributed by atoms with Gasteiger partial charge in [-0.05, 0) is 38.5 Å². The van der Waals surface area contributed by atoms with Gasteiger partial charge >= 0.3 is 10.1 Å². The van der Waals surface area contributed by atoms with E-state index in [0.29, 0.717) is 6.42 Å². The van der Waals surface area contributed by atoms with E-state index in [-0.39, 0.29) is 6.42 Å². The van der Waals surface area contributed by atoms with Crippen LogP contribution in [0.1, 0.15) is 84.0 Å². The Balaban J connectivity index is 3.36. The van der Waals surface area contributed by atoms with Crippen LogP contribution in [0.15, 0.2) is 24.3 Å². The fourth-order valence-electron chi connectivity index (χ4n) is 2.21. The van der Waals surface area contributed by atoms with E-state index in [2.05, 4.69) is 31.2 Å². The molecule has 1 N–H and O–H groups in total. The monoisotopic (exact) mass is 344 g/mol. The standard InChI is InChI=1S/C18H32O4S/c1-2-3-4-5-6-7-8-9-10-11-12-13-14-15-16-17-18(19)23(20,21)22/h6-7,9-10H,2-5,8,11-17H2,1H3,(H,20,21,22)/b7-6-,10-9-. The molecule has 5 heteroatoms. The normalized spacial score (nSPS) is 12.4. The van der Waals surface area contributed by atoms with Crippen LogP contribution in [0.25, 0.3) is 0 Å². The topological polar surface area (TPSA) is 71.4 Å². The molecule has 0 radical (unpaired) electrons. The summed E-state index contributed by atoms with van der Waals surface area (Å²) in [4.78, 5) is 10.9. The van der Waals surface area contributed by atoms with E-state index in [4.69, 9.17) is 4.55 Å². The highest BCUT2D eigenvalue weighted by Gasteiger charge is 2.16. The molecule has 0 amide bonds. The highest BCUT2D eigenvalue weighted by atomic mass is 32.2. The lowest BCUT2D eigenvalue weighted by atomic mass is 10.1. The summed E-state index contributed by atoms with van der Waals surface area (Å²) in [6.45, 7) is 2.21. The third-order valence-corrected chi connectivity index (χ3v) is 4.40. The van der Waals surface area contributed by atoms with Gasteiger partial charge in [-0.3, -0.25) is 9.35 Å². The van der Waals surface area contributed by atoms with E-state index in [1.54, 1.807) is 0 Å². The Hall–Kier alpha value is -0.940. The molecule has 0 aromatic rings. The van der Waals surface area contributed by atoms with Gasteiger partial charge in [0.15, 0.2) is 0 Å². The highest BCUT2D eigenvalue weighted by molar-refractivity contribution is 8.01. The second kappa shape index (κ2) is 14.6. The molecule has 23 heavy (non-hydrogen) atoms. The first-order valence-electron chi connectivity index (χ1n) is 8.78. The minimum absolute atomic E-state index is 0.0800. The summed E-state index contributed by atoms with van der Waals surface area (Å²) in [7, 11) is -4.48. The molecule has 0 saturated carbocycles. The number of rotatable bonds is 14. The molecule has 0 heterocycles. The van der Waals surface area contributed by atoms with Gasteiger partial charge in [-0.1, -0.05) is 63.3 Å². The van der Waals surface area contributed by atoms with Gasteiger partial charge in [0.1, 0.15) is 0 Å². The third-order valence-electron chi connectivity index (χ3n) is 3.62. The summed E-state index contributed by atoms with van der Waals surface area (Å²) in [6, 6.07) is 0. The van der Waals surface area contributed by atoms with Crippen LogP contribution in [0.4, 0.5) is 0 Å². The van der Waals surface area contributed by atoms with Crippen LogP contribution in [0.3, 0.4) is 0 Å². The summed E-state index contributed by atoms with van der Waals surface area (Å²) in [5.41, 5.74) is 0. The predicted octanol–water partition coefficient (Wildman–Crippen LogP) is 5.21. The number of carbonyl (C=O) groups excluding carboxylic acids is 1. The summed E-state index contributed by atoms with van der Waals surface area (Å²) >= 11 is 0. The van der Waals surface area contributed by atoms with Gasteiger partial charge in [0.25, 0.3) is 5.12 Å². The van der Waals surface area contributed by atoms with E-state index >= 15 is 0 Å². The molecule has 0 unspecified atom stereocenters. The Morgan fingerprint density at radius 1 is 0.826 bits per heavy atom. The van der Waals surface area contributed by atoms with E-state index in [0.717, 1.165) is 38.5 Å². The molecular formula is C18H32O4S. The van der Waals surface area contributed by atoms with Gasteiger partial charge in [0.05, 0.1) is 0 Å². The van der Waals surface area contributed by atoms with Crippen molar-refractivity contribution in [1.29, 1.82) is 0 Å². The van der Waals surface area contributed by atoms with Crippen molar-refractivity contribution in [2.75, 3.05) is 0 Å². The molecule has 0 aliphatic carbocycles. The molecule has 0 spiro atoms. The second-order valence-electron chi connectivity index (χ2n) is 5.83. The van der Waals surface area contributed by atoms with Gasteiger partial charge in [-0.15, -0.1) is 0 Å². The third kappa shape index (κ3) is 15.7. The average molecular weight is 345 g/mol. The lowest BCUT2D eigenvalue weighted by molar-refractivity contribution is -0.112. The number of unbranched alkanes of at least 4 members (excludes halogenated alkanes) is 8. The van der Waals surface area contributed by atoms with Crippen molar-refractivity contribution in [1.82, 2.24) is 0 Å². The van der Waals surface area contributed by atoms with Crippen molar-refractivity contribution < 1.29 is 17.8 Å². The molecule has 0 saturated heterocycles. The van der Waals surface area contributed by atoms with Crippen molar-refractivity contribution in [3.63, 3.8) is 0 Å². The molecule has 0 aliphatic heterocycles. The smallest absolute Gasteiger partial charge is 0.280 e. The zero-order chi connectivity index (χ0) is 17.4. The van der Waals surface area contributed by atoms with Crippen molar-refractivity contribution in [2.24, 2.45) is 0 Å². The van der Waals surface area contributed by atoms with E-state index in [1.807, 2.05) is 0 Å². The Morgan fingerprint density at radius 2 is 1.35 bits per heavy atom. The lowest BCUT2D eigenvalue weighted by Crippen LogP contribution is -2.12. The predicted molar refractivity (Wildman–Crippen MR) is 95.9 cm³/mol. The fraction of sp³-hybridized carbons (Fsp3) is 0.722. The number of hydrogen-bond acceptors (Lipinski definition) is 3. The zero-order valence-corrected chi connectivity index (χ0v) is 15.2. The Bertz CT molecular complexity index is 450. The van der Waals surface area contributed by atoms with Crippen LogP contribution in [0.2, 0.25) is 0 Å². The minimum atomic E-state index is -4.48. The summed E-state index contributed by atoms with van der Waals surface area (Å²) < 4.78 is 29.5. The minimum Gasteiger partial charge on any atom is -0.280 e.